The molecule has 82 valence electrons. The Morgan fingerprint density at radius 1 is 1.67 bits per heavy atom. The monoisotopic (exact) mass is 208 g/mol. The molecule has 0 amide bonds. The van der Waals surface area contributed by atoms with Crippen LogP contribution >= 0.6 is 0 Å². The van der Waals surface area contributed by atoms with E-state index in [1.807, 2.05) is 25.1 Å². The van der Waals surface area contributed by atoms with Crippen molar-refractivity contribution in [3.05, 3.63) is 42.0 Å². The molecule has 0 aliphatic rings. The van der Waals surface area contributed by atoms with Gasteiger partial charge < -0.3 is 15.8 Å². The maximum atomic E-state index is 8.74. The Kier molecular flexibility index (Phi) is 4.08. The van der Waals surface area contributed by atoms with E-state index in [0.29, 0.717) is 5.70 Å². The number of aromatic nitrogens is 1. The van der Waals surface area contributed by atoms with Gasteiger partial charge in [0.2, 0.25) is 0 Å². The van der Waals surface area contributed by atoms with E-state index in [2.05, 4.69) is 4.98 Å². The van der Waals surface area contributed by atoms with Crippen LogP contribution in [0.2, 0.25) is 0 Å². The molecule has 0 aliphatic heterocycles. The quantitative estimate of drug-likeness (QED) is 0.483. The minimum Gasteiger partial charge on any atom is -0.399 e. The van der Waals surface area contributed by atoms with E-state index >= 15 is 0 Å². The first-order valence-corrected chi connectivity index (χ1v) is 4.66. The highest BCUT2D eigenvalue weighted by molar-refractivity contribution is 5.09. The van der Waals surface area contributed by atoms with Crippen LogP contribution in [0.15, 0.2) is 36.3 Å². The number of pyridine rings is 1. The summed E-state index contributed by atoms with van der Waals surface area (Å²) in [5, 5.41) is 10.2. The molecule has 0 radical (unpaired) electrons. The number of hydrogen-bond donors (Lipinski definition) is 3. The summed E-state index contributed by atoms with van der Waals surface area (Å²) in [7, 11) is 0. The van der Waals surface area contributed by atoms with E-state index in [1.165, 1.54) is 11.2 Å². The van der Waals surface area contributed by atoms with Gasteiger partial charge in [-0.2, -0.15) is 0 Å². The Labute approximate surface area is 89.0 Å². The molecule has 1 atom stereocenters. The van der Waals surface area contributed by atoms with E-state index in [1.54, 1.807) is 6.20 Å². The molecule has 1 unspecified atom stereocenters. The molecule has 1 rings (SSSR count). The van der Waals surface area contributed by atoms with Gasteiger partial charge in [-0.3, -0.25) is 4.98 Å². The van der Waals surface area contributed by atoms with Gasteiger partial charge in [-0.05, 0) is 19.1 Å². The molecule has 1 aromatic heterocycles. The van der Waals surface area contributed by atoms with Gasteiger partial charge in [-0.25, -0.2) is 5.84 Å². The number of nitrogens with zero attached hydrogens (tertiary/aromatic N) is 2. The minimum absolute atomic E-state index is 0.0868. The van der Waals surface area contributed by atoms with Gasteiger partial charge in [-0.15, -0.1) is 0 Å². The van der Waals surface area contributed by atoms with Crippen LogP contribution in [0.3, 0.4) is 0 Å². The lowest BCUT2D eigenvalue weighted by molar-refractivity contribution is 0.286. The summed E-state index contributed by atoms with van der Waals surface area (Å²) in [4.78, 5) is 4.18. The average molecular weight is 208 g/mol. The van der Waals surface area contributed by atoms with Crippen molar-refractivity contribution in [2.24, 2.45) is 11.6 Å². The van der Waals surface area contributed by atoms with E-state index < -0.39 is 0 Å². The summed E-state index contributed by atoms with van der Waals surface area (Å²) in [6.45, 7) is 1.70. The van der Waals surface area contributed by atoms with Crippen molar-refractivity contribution in [2.75, 3.05) is 6.61 Å². The van der Waals surface area contributed by atoms with Crippen LogP contribution in [0, 0.1) is 0 Å². The molecule has 0 fully saturated rings. The number of hydrogen-bond acceptors (Lipinski definition) is 5. The number of aliphatic hydroxyl groups excluding tert-OH is 1. The summed E-state index contributed by atoms with van der Waals surface area (Å²) in [6.07, 6.45) is 3.21. The molecular formula is C10H16N4O. The third kappa shape index (κ3) is 3.23. The first kappa shape index (κ1) is 11.5. The maximum absolute atomic E-state index is 8.74. The first-order valence-electron chi connectivity index (χ1n) is 4.66. The summed E-state index contributed by atoms with van der Waals surface area (Å²) in [6, 6.07) is 5.53. The summed E-state index contributed by atoms with van der Waals surface area (Å²) in [5.41, 5.74) is 6.63. The van der Waals surface area contributed by atoms with Crippen molar-refractivity contribution >= 4 is 0 Å². The predicted molar refractivity (Wildman–Crippen MR) is 58.0 cm³/mol. The van der Waals surface area contributed by atoms with Crippen molar-refractivity contribution in [1.29, 1.82) is 0 Å². The average Bonchev–Trinajstić information content (AvgIpc) is 2.29. The van der Waals surface area contributed by atoms with Crippen molar-refractivity contribution < 1.29 is 5.11 Å². The molecule has 15 heavy (non-hydrogen) atoms. The van der Waals surface area contributed by atoms with Crippen molar-refractivity contribution in [3.8, 4) is 0 Å². The molecule has 5 heteroatoms. The van der Waals surface area contributed by atoms with E-state index in [-0.39, 0.29) is 12.6 Å². The molecule has 0 aromatic carbocycles. The van der Waals surface area contributed by atoms with Gasteiger partial charge in [0.05, 0.1) is 24.0 Å². The predicted octanol–water partition coefficient (Wildman–Crippen LogP) is 0.111. The second kappa shape index (κ2) is 5.33. The normalized spacial score (nSPS) is 13.7. The fraction of sp³-hybridized carbons (Fsp3) is 0.300. The Balaban J connectivity index is 2.73. The van der Waals surface area contributed by atoms with Crippen molar-refractivity contribution in [2.45, 2.75) is 13.0 Å². The first-order chi connectivity index (χ1) is 7.15. The number of nitrogens with two attached hydrogens (primary N) is 2. The lowest BCUT2D eigenvalue weighted by Crippen LogP contribution is -2.30. The van der Waals surface area contributed by atoms with Gasteiger partial charge in [0.25, 0.3) is 0 Å². The highest BCUT2D eigenvalue weighted by atomic mass is 16.3. The SMILES string of the molecule is CC(c1ccccn1)N(N)/C=C(\N)CO. The second-order valence-electron chi connectivity index (χ2n) is 3.24. The largest absolute Gasteiger partial charge is 0.399 e. The lowest BCUT2D eigenvalue weighted by Gasteiger charge is -2.22. The summed E-state index contributed by atoms with van der Waals surface area (Å²) < 4.78 is 0. The van der Waals surface area contributed by atoms with Crippen molar-refractivity contribution in [3.63, 3.8) is 0 Å². The highest BCUT2D eigenvalue weighted by Gasteiger charge is 2.10. The smallest absolute Gasteiger partial charge is 0.0840 e. The van der Waals surface area contributed by atoms with Gasteiger partial charge in [0.1, 0.15) is 0 Å². The molecule has 0 saturated heterocycles. The van der Waals surface area contributed by atoms with E-state index in [4.69, 9.17) is 16.7 Å². The molecule has 0 bridgehead atoms. The topological polar surface area (TPSA) is 88.4 Å². The third-order valence-corrected chi connectivity index (χ3v) is 2.06. The zero-order valence-corrected chi connectivity index (χ0v) is 8.67. The molecule has 0 saturated carbocycles. The maximum Gasteiger partial charge on any atom is 0.0840 e. The fourth-order valence-corrected chi connectivity index (χ4v) is 1.12. The Morgan fingerprint density at radius 2 is 2.40 bits per heavy atom. The van der Waals surface area contributed by atoms with Crippen LogP contribution in [-0.2, 0) is 0 Å². The molecule has 0 aliphatic carbocycles. The molecule has 5 N–H and O–H groups in total. The molecule has 1 heterocycles. The zero-order valence-electron chi connectivity index (χ0n) is 8.67. The lowest BCUT2D eigenvalue weighted by atomic mass is 10.2. The van der Waals surface area contributed by atoms with Gasteiger partial charge in [0.15, 0.2) is 0 Å². The summed E-state index contributed by atoms with van der Waals surface area (Å²) in [5.74, 6) is 5.75. The van der Waals surface area contributed by atoms with E-state index in [9.17, 15) is 0 Å². The molecule has 0 spiro atoms. The summed E-state index contributed by atoms with van der Waals surface area (Å²) >= 11 is 0. The second-order valence-corrected chi connectivity index (χ2v) is 3.24. The number of hydrazine groups is 1. The van der Waals surface area contributed by atoms with Crippen LogP contribution in [0.1, 0.15) is 18.7 Å². The van der Waals surface area contributed by atoms with Crippen molar-refractivity contribution in [1.82, 2.24) is 9.99 Å². The molecule has 1 aromatic rings. The Bertz CT molecular complexity index is 325. The molecular weight excluding hydrogens is 192 g/mol. The Morgan fingerprint density at radius 3 is 2.93 bits per heavy atom. The van der Waals surface area contributed by atoms with E-state index in [0.717, 1.165) is 5.69 Å². The van der Waals surface area contributed by atoms with Crippen LogP contribution in [0.5, 0.6) is 0 Å². The van der Waals surface area contributed by atoms with Gasteiger partial charge in [-0.1, -0.05) is 6.07 Å². The zero-order chi connectivity index (χ0) is 11.3. The van der Waals surface area contributed by atoms with Crippen LogP contribution in [0.25, 0.3) is 0 Å². The highest BCUT2D eigenvalue weighted by Crippen LogP contribution is 2.14. The Hall–Kier alpha value is -1.59. The van der Waals surface area contributed by atoms with Crippen LogP contribution in [0.4, 0.5) is 0 Å². The fourth-order valence-electron chi connectivity index (χ4n) is 1.12. The van der Waals surface area contributed by atoms with Crippen LogP contribution < -0.4 is 11.6 Å². The van der Waals surface area contributed by atoms with Crippen LogP contribution in [-0.4, -0.2) is 21.7 Å². The van der Waals surface area contributed by atoms with Gasteiger partial charge in [0, 0.05) is 12.4 Å². The standard InChI is InChI=1S/C10H16N4O/c1-8(10-4-2-3-5-13-10)14(12)6-9(11)7-15/h2-6,8,15H,7,11-12H2,1H3/b9-6-. The van der Waals surface area contributed by atoms with Gasteiger partial charge >= 0.3 is 0 Å². The number of aliphatic hydroxyl groups is 1. The number of rotatable bonds is 4. The third-order valence-electron chi connectivity index (χ3n) is 2.06. The minimum atomic E-state index is -0.206. The molecule has 5 nitrogen and oxygen atoms in total.